The number of hydrogen-bond acceptors (Lipinski definition) is 2. The van der Waals surface area contributed by atoms with Gasteiger partial charge in [0.05, 0.1) is 6.54 Å². The third kappa shape index (κ3) is 4.75. The fourth-order valence-electron chi connectivity index (χ4n) is 1.69. The fourth-order valence-corrected chi connectivity index (χ4v) is 1.82. The molecule has 1 amide bonds. The lowest BCUT2D eigenvalue weighted by Crippen LogP contribution is -2.34. The average molecular weight is 255 g/mol. The van der Waals surface area contributed by atoms with E-state index in [1.165, 1.54) is 5.56 Å². The second-order valence-electron chi connectivity index (χ2n) is 3.99. The zero-order chi connectivity index (χ0) is 12.7. The summed E-state index contributed by atoms with van der Waals surface area (Å²) in [5.74, 6) is 0.369. The Hall–Kier alpha value is -1.06. The summed E-state index contributed by atoms with van der Waals surface area (Å²) in [7, 11) is 1.76. The summed E-state index contributed by atoms with van der Waals surface area (Å²) in [6, 6.07) is 7.80. The molecule has 4 heteroatoms. The van der Waals surface area contributed by atoms with Gasteiger partial charge < -0.3 is 10.6 Å². The number of rotatable bonds is 6. The van der Waals surface area contributed by atoms with E-state index in [4.69, 9.17) is 11.6 Å². The van der Waals surface area contributed by atoms with Gasteiger partial charge in [-0.05, 0) is 31.2 Å². The molecule has 0 heterocycles. The quantitative estimate of drug-likeness (QED) is 0.817. The van der Waals surface area contributed by atoms with Crippen molar-refractivity contribution in [2.45, 2.75) is 19.3 Å². The number of carbonyl (C=O) groups is 1. The number of carbonyl (C=O) groups excluding carboxylic acids is 1. The van der Waals surface area contributed by atoms with Crippen LogP contribution in [0.2, 0.25) is 5.02 Å². The Morgan fingerprint density at radius 1 is 1.35 bits per heavy atom. The monoisotopic (exact) mass is 254 g/mol. The van der Waals surface area contributed by atoms with E-state index < -0.39 is 0 Å². The molecule has 94 valence electrons. The normalized spacial score (nSPS) is 12.2. The molecule has 0 unspecified atom stereocenters. The minimum absolute atomic E-state index is 0.0277. The lowest BCUT2D eigenvalue weighted by atomic mass is 9.96. The van der Waals surface area contributed by atoms with E-state index in [0.717, 1.165) is 11.4 Å². The second-order valence-corrected chi connectivity index (χ2v) is 4.43. The third-order valence-corrected chi connectivity index (χ3v) is 2.97. The van der Waals surface area contributed by atoms with E-state index in [2.05, 4.69) is 17.6 Å². The lowest BCUT2D eigenvalue weighted by Gasteiger charge is -2.16. The van der Waals surface area contributed by atoms with Gasteiger partial charge in [-0.25, -0.2) is 0 Å². The van der Waals surface area contributed by atoms with Crippen LogP contribution in [0.3, 0.4) is 0 Å². The standard InChI is InChI=1S/C13H19ClN2O/c1-3-10(8-16-13(17)9-15-2)11-4-6-12(14)7-5-11/h4-7,10,15H,3,8-9H2,1-2H3,(H,16,17)/t10-/m1/s1. The Balaban J connectivity index is 2.54. The molecule has 0 fully saturated rings. The fraction of sp³-hybridized carbons (Fsp3) is 0.462. The van der Waals surface area contributed by atoms with Crippen molar-refractivity contribution in [3.63, 3.8) is 0 Å². The molecule has 1 rings (SSSR count). The minimum atomic E-state index is 0.0277. The van der Waals surface area contributed by atoms with Crippen LogP contribution in [0.5, 0.6) is 0 Å². The Morgan fingerprint density at radius 3 is 2.53 bits per heavy atom. The molecule has 3 nitrogen and oxygen atoms in total. The number of amides is 1. The van der Waals surface area contributed by atoms with Crippen molar-refractivity contribution in [3.05, 3.63) is 34.9 Å². The van der Waals surface area contributed by atoms with Gasteiger partial charge in [0.15, 0.2) is 0 Å². The van der Waals surface area contributed by atoms with E-state index in [0.29, 0.717) is 19.0 Å². The van der Waals surface area contributed by atoms with Crippen LogP contribution in [0.15, 0.2) is 24.3 Å². The zero-order valence-corrected chi connectivity index (χ0v) is 11.1. The van der Waals surface area contributed by atoms with Crippen LogP contribution >= 0.6 is 11.6 Å². The minimum Gasteiger partial charge on any atom is -0.354 e. The Kier molecular flexibility index (Phi) is 6.01. The van der Waals surface area contributed by atoms with Gasteiger partial charge in [0.25, 0.3) is 0 Å². The molecule has 2 N–H and O–H groups in total. The maximum absolute atomic E-state index is 11.4. The first kappa shape index (κ1) is 14.0. The first-order valence-electron chi connectivity index (χ1n) is 5.84. The summed E-state index contributed by atoms with van der Waals surface area (Å²) in [4.78, 5) is 11.4. The number of halogens is 1. The molecule has 0 aliphatic heterocycles. The molecule has 0 aliphatic carbocycles. The summed E-state index contributed by atoms with van der Waals surface area (Å²) in [5.41, 5.74) is 1.21. The van der Waals surface area contributed by atoms with Crippen molar-refractivity contribution in [2.24, 2.45) is 0 Å². The van der Waals surface area contributed by atoms with Gasteiger partial charge in [-0.15, -0.1) is 0 Å². The molecular formula is C13H19ClN2O. The van der Waals surface area contributed by atoms with Crippen molar-refractivity contribution in [3.8, 4) is 0 Å². The van der Waals surface area contributed by atoms with Gasteiger partial charge in [0.1, 0.15) is 0 Å². The van der Waals surface area contributed by atoms with E-state index in [1.54, 1.807) is 7.05 Å². The number of hydrogen-bond donors (Lipinski definition) is 2. The van der Waals surface area contributed by atoms with Gasteiger partial charge in [-0.1, -0.05) is 30.7 Å². The molecule has 1 aromatic carbocycles. The van der Waals surface area contributed by atoms with Crippen molar-refractivity contribution >= 4 is 17.5 Å². The van der Waals surface area contributed by atoms with Gasteiger partial charge in [-0.2, -0.15) is 0 Å². The number of benzene rings is 1. The molecule has 17 heavy (non-hydrogen) atoms. The molecule has 1 aromatic rings. The number of likely N-dealkylation sites (N-methyl/N-ethyl adjacent to an activating group) is 1. The molecular weight excluding hydrogens is 236 g/mol. The van der Waals surface area contributed by atoms with Crippen molar-refractivity contribution in [2.75, 3.05) is 20.1 Å². The van der Waals surface area contributed by atoms with Crippen LogP contribution in [0, 0.1) is 0 Å². The Labute approximate surface area is 108 Å². The second kappa shape index (κ2) is 7.30. The van der Waals surface area contributed by atoms with Crippen LogP contribution in [-0.4, -0.2) is 26.0 Å². The van der Waals surface area contributed by atoms with Crippen molar-refractivity contribution in [1.29, 1.82) is 0 Å². The lowest BCUT2D eigenvalue weighted by molar-refractivity contribution is -0.120. The predicted molar refractivity (Wildman–Crippen MR) is 71.4 cm³/mol. The summed E-state index contributed by atoms with van der Waals surface area (Å²) in [6.07, 6.45) is 0.988. The van der Waals surface area contributed by atoms with E-state index in [1.807, 2.05) is 24.3 Å². The zero-order valence-electron chi connectivity index (χ0n) is 10.3. The highest BCUT2D eigenvalue weighted by Gasteiger charge is 2.10. The highest BCUT2D eigenvalue weighted by molar-refractivity contribution is 6.30. The summed E-state index contributed by atoms with van der Waals surface area (Å²) in [5, 5.41) is 6.48. The SMILES string of the molecule is CC[C@H](CNC(=O)CNC)c1ccc(Cl)cc1. The van der Waals surface area contributed by atoms with E-state index in [-0.39, 0.29) is 5.91 Å². The molecule has 1 atom stereocenters. The Bertz CT molecular complexity index is 351. The van der Waals surface area contributed by atoms with Crippen LogP contribution in [0.25, 0.3) is 0 Å². The third-order valence-electron chi connectivity index (χ3n) is 2.72. The van der Waals surface area contributed by atoms with Crippen LogP contribution in [-0.2, 0) is 4.79 Å². The smallest absolute Gasteiger partial charge is 0.233 e. The van der Waals surface area contributed by atoms with E-state index >= 15 is 0 Å². The van der Waals surface area contributed by atoms with Crippen molar-refractivity contribution in [1.82, 2.24) is 10.6 Å². The average Bonchev–Trinajstić information content (AvgIpc) is 2.32. The topological polar surface area (TPSA) is 41.1 Å². The molecule has 0 aliphatic rings. The van der Waals surface area contributed by atoms with Gasteiger partial charge >= 0.3 is 0 Å². The largest absolute Gasteiger partial charge is 0.354 e. The molecule has 0 saturated heterocycles. The summed E-state index contributed by atoms with van der Waals surface area (Å²) in [6.45, 7) is 3.14. The number of nitrogens with one attached hydrogen (secondary N) is 2. The van der Waals surface area contributed by atoms with Gasteiger partial charge in [0.2, 0.25) is 5.91 Å². The van der Waals surface area contributed by atoms with Gasteiger partial charge in [0, 0.05) is 17.5 Å². The first-order valence-corrected chi connectivity index (χ1v) is 6.22. The summed E-state index contributed by atoms with van der Waals surface area (Å²) < 4.78 is 0. The molecule has 0 aromatic heterocycles. The molecule has 0 radical (unpaired) electrons. The highest BCUT2D eigenvalue weighted by Crippen LogP contribution is 2.20. The maximum atomic E-state index is 11.4. The maximum Gasteiger partial charge on any atom is 0.233 e. The highest BCUT2D eigenvalue weighted by atomic mass is 35.5. The molecule has 0 saturated carbocycles. The van der Waals surface area contributed by atoms with Gasteiger partial charge in [-0.3, -0.25) is 4.79 Å². The van der Waals surface area contributed by atoms with Crippen molar-refractivity contribution < 1.29 is 4.79 Å². The molecule has 0 spiro atoms. The Morgan fingerprint density at radius 2 is 2.00 bits per heavy atom. The summed E-state index contributed by atoms with van der Waals surface area (Å²) >= 11 is 5.85. The van der Waals surface area contributed by atoms with E-state index in [9.17, 15) is 4.79 Å². The first-order chi connectivity index (χ1) is 8.17. The predicted octanol–water partition coefficient (Wildman–Crippen LogP) is 2.17. The van der Waals surface area contributed by atoms with Crippen LogP contribution < -0.4 is 10.6 Å². The van der Waals surface area contributed by atoms with Crippen LogP contribution in [0.4, 0.5) is 0 Å². The van der Waals surface area contributed by atoms with Crippen LogP contribution in [0.1, 0.15) is 24.8 Å². The molecule has 0 bridgehead atoms.